The molecule has 1 N–H and O–H groups in total. The lowest BCUT2D eigenvalue weighted by atomic mass is 10.1. The van der Waals surface area contributed by atoms with Gasteiger partial charge in [-0.1, -0.05) is 46.3 Å². The molecule has 0 aliphatic rings. The van der Waals surface area contributed by atoms with Gasteiger partial charge in [-0.25, -0.2) is 0 Å². The van der Waals surface area contributed by atoms with E-state index >= 15 is 0 Å². The molecule has 2 aromatic rings. The zero-order valence-corrected chi connectivity index (χ0v) is 15.3. The Hall–Kier alpha value is -2.28. The smallest absolute Gasteiger partial charge is 0.331 e. The fraction of sp³-hybridized carbons (Fsp3) is 0.222. The monoisotopic (exact) mass is 410 g/mol. The molecule has 0 unspecified atom stereocenters. The molecule has 0 aliphatic heterocycles. The van der Waals surface area contributed by atoms with Gasteiger partial charge in [-0.05, 0) is 30.7 Å². The first-order valence-corrected chi connectivity index (χ1v) is 8.26. The van der Waals surface area contributed by atoms with Crippen molar-refractivity contribution in [2.75, 3.05) is 18.9 Å². The van der Waals surface area contributed by atoms with Crippen LogP contribution in [0.1, 0.15) is 11.1 Å². The van der Waals surface area contributed by atoms with E-state index in [-0.39, 0.29) is 0 Å². The van der Waals surface area contributed by atoms with Crippen LogP contribution in [-0.4, -0.2) is 30.3 Å². The minimum Gasteiger partial charge on any atom is -0.331 e. The van der Waals surface area contributed by atoms with Crippen LogP contribution in [0.4, 0.5) is 14.5 Å². The van der Waals surface area contributed by atoms with E-state index in [0.717, 1.165) is 14.9 Å². The molecule has 2 rings (SSSR count). The maximum atomic E-state index is 14.3. The van der Waals surface area contributed by atoms with Gasteiger partial charge in [0.2, 0.25) is 5.91 Å². The highest BCUT2D eigenvalue weighted by molar-refractivity contribution is 9.10. The average molecular weight is 411 g/mol. The van der Waals surface area contributed by atoms with Crippen LogP contribution in [0.3, 0.4) is 0 Å². The fourth-order valence-corrected chi connectivity index (χ4v) is 2.73. The van der Waals surface area contributed by atoms with Crippen molar-refractivity contribution in [2.45, 2.75) is 12.8 Å². The van der Waals surface area contributed by atoms with Crippen LogP contribution >= 0.6 is 15.9 Å². The molecule has 0 bridgehead atoms. The SMILES string of the molecule is Cc1cc(Br)ccc1NC(=O)CN(C)C(=O)C(F)(F)c1ccccc1. The molecule has 0 radical (unpaired) electrons. The van der Waals surface area contributed by atoms with E-state index in [1.165, 1.54) is 31.3 Å². The van der Waals surface area contributed by atoms with Gasteiger partial charge in [0.25, 0.3) is 5.91 Å². The van der Waals surface area contributed by atoms with Crippen LogP contribution in [0, 0.1) is 6.92 Å². The van der Waals surface area contributed by atoms with E-state index < -0.39 is 29.8 Å². The van der Waals surface area contributed by atoms with Crippen molar-refractivity contribution >= 4 is 33.4 Å². The molecule has 2 aromatic carbocycles. The number of alkyl halides is 2. The molecule has 0 saturated heterocycles. The molecule has 0 fully saturated rings. The molecule has 2 amide bonds. The van der Waals surface area contributed by atoms with Gasteiger partial charge in [0, 0.05) is 22.8 Å². The van der Waals surface area contributed by atoms with Crippen molar-refractivity contribution in [3.05, 3.63) is 64.1 Å². The molecule has 25 heavy (non-hydrogen) atoms. The number of rotatable bonds is 5. The van der Waals surface area contributed by atoms with Crippen molar-refractivity contribution in [1.82, 2.24) is 4.90 Å². The van der Waals surface area contributed by atoms with E-state index in [9.17, 15) is 18.4 Å². The molecular weight excluding hydrogens is 394 g/mol. The Balaban J connectivity index is 2.04. The number of amides is 2. The number of nitrogens with one attached hydrogen (secondary N) is 1. The van der Waals surface area contributed by atoms with Gasteiger partial charge in [-0.15, -0.1) is 0 Å². The summed E-state index contributed by atoms with van der Waals surface area (Å²) in [4.78, 5) is 24.8. The second kappa shape index (κ2) is 7.74. The third-order valence-corrected chi connectivity index (χ3v) is 4.09. The minimum atomic E-state index is -3.69. The van der Waals surface area contributed by atoms with E-state index in [4.69, 9.17) is 0 Å². The van der Waals surface area contributed by atoms with E-state index in [2.05, 4.69) is 21.2 Å². The topological polar surface area (TPSA) is 49.4 Å². The number of nitrogens with zero attached hydrogens (tertiary/aromatic N) is 1. The predicted octanol–water partition coefficient (Wildman–Crippen LogP) is 3.95. The van der Waals surface area contributed by atoms with Crippen molar-refractivity contribution < 1.29 is 18.4 Å². The molecule has 0 spiro atoms. The number of halogens is 3. The summed E-state index contributed by atoms with van der Waals surface area (Å²) in [6, 6.07) is 12.1. The first-order valence-electron chi connectivity index (χ1n) is 7.46. The molecule has 0 aliphatic carbocycles. The Morgan fingerprint density at radius 3 is 2.40 bits per heavy atom. The second-order valence-corrected chi connectivity index (χ2v) is 6.52. The number of anilines is 1. The maximum Gasteiger partial charge on any atom is 0.349 e. The fourth-order valence-electron chi connectivity index (χ4n) is 2.25. The third kappa shape index (κ3) is 4.63. The Labute approximate surface area is 153 Å². The van der Waals surface area contributed by atoms with Crippen molar-refractivity contribution in [3.63, 3.8) is 0 Å². The molecule has 0 aromatic heterocycles. The first-order chi connectivity index (χ1) is 11.7. The highest BCUT2D eigenvalue weighted by Gasteiger charge is 2.43. The summed E-state index contributed by atoms with van der Waals surface area (Å²) >= 11 is 3.32. The van der Waals surface area contributed by atoms with Gasteiger partial charge in [-0.3, -0.25) is 9.59 Å². The Kier molecular flexibility index (Phi) is 5.89. The summed E-state index contributed by atoms with van der Waals surface area (Å²) in [5, 5.41) is 2.62. The van der Waals surface area contributed by atoms with Crippen molar-refractivity contribution in [1.29, 1.82) is 0 Å². The Morgan fingerprint density at radius 2 is 1.80 bits per heavy atom. The van der Waals surface area contributed by atoms with Crippen LogP contribution in [0.25, 0.3) is 0 Å². The number of likely N-dealkylation sites (N-methyl/N-ethyl adjacent to an activating group) is 1. The molecule has 4 nitrogen and oxygen atoms in total. The quantitative estimate of drug-likeness (QED) is 0.810. The van der Waals surface area contributed by atoms with Gasteiger partial charge < -0.3 is 10.2 Å². The van der Waals surface area contributed by atoms with Crippen LogP contribution in [0.2, 0.25) is 0 Å². The average Bonchev–Trinajstić information content (AvgIpc) is 2.57. The van der Waals surface area contributed by atoms with Crippen LogP contribution in [-0.2, 0) is 15.5 Å². The Morgan fingerprint density at radius 1 is 1.16 bits per heavy atom. The highest BCUT2D eigenvalue weighted by atomic mass is 79.9. The van der Waals surface area contributed by atoms with Gasteiger partial charge in [-0.2, -0.15) is 8.78 Å². The largest absolute Gasteiger partial charge is 0.349 e. The number of hydrogen-bond acceptors (Lipinski definition) is 2. The summed E-state index contributed by atoms with van der Waals surface area (Å²) in [5.74, 6) is -5.67. The highest BCUT2D eigenvalue weighted by Crippen LogP contribution is 2.29. The van der Waals surface area contributed by atoms with Crippen LogP contribution in [0.15, 0.2) is 53.0 Å². The summed E-state index contributed by atoms with van der Waals surface area (Å²) in [6.07, 6.45) is 0. The number of hydrogen-bond donors (Lipinski definition) is 1. The van der Waals surface area contributed by atoms with Crippen molar-refractivity contribution in [3.8, 4) is 0 Å². The summed E-state index contributed by atoms with van der Waals surface area (Å²) < 4.78 is 29.4. The zero-order valence-electron chi connectivity index (χ0n) is 13.7. The van der Waals surface area contributed by atoms with E-state index in [0.29, 0.717) is 5.69 Å². The predicted molar refractivity (Wildman–Crippen MR) is 95.5 cm³/mol. The summed E-state index contributed by atoms with van der Waals surface area (Å²) in [5.41, 5.74) is 0.964. The molecule has 132 valence electrons. The van der Waals surface area contributed by atoms with Crippen LogP contribution < -0.4 is 5.32 Å². The standard InChI is InChI=1S/C18H17BrF2N2O2/c1-12-10-14(19)8-9-15(12)22-16(24)11-23(2)17(25)18(20,21)13-6-4-3-5-7-13/h3-10H,11H2,1-2H3,(H,22,24). The Bertz CT molecular complexity index is 782. The molecular formula is C18H17BrF2N2O2. The van der Waals surface area contributed by atoms with Gasteiger partial charge in [0.1, 0.15) is 0 Å². The van der Waals surface area contributed by atoms with Gasteiger partial charge in [0.15, 0.2) is 0 Å². The molecule has 0 heterocycles. The number of carbonyl (C=O) groups is 2. The minimum absolute atomic E-state index is 0.406. The lowest BCUT2D eigenvalue weighted by molar-refractivity contribution is -0.158. The zero-order chi connectivity index (χ0) is 18.6. The van der Waals surface area contributed by atoms with E-state index in [1.807, 2.05) is 6.07 Å². The van der Waals surface area contributed by atoms with Gasteiger partial charge in [0.05, 0.1) is 6.54 Å². The van der Waals surface area contributed by atoms with Gasteiger partial charge >= 0.3 is 5.92 Å². The maximum absolute atomic E-state index is 14.3. The summed E-state index contributed by atoms with van der Waals surface area (Å²) in [6.45, 7) is 1.33. The lowest BCUT2D eigenvalue weighted by Gasteiger charge is -2.23. The molecule has 0 atom stereocenters. The van der Waals surface area contributed by atoms with Crippen LogP contribution in [0.5, 0.6) is 0 Å². The third-order valence-electron chi connectivity index (χ3n) is 3.59. The van der Waals surface area contributed by atoms with E-state index in [1.54, 1.807) is 25.1 Å². The normalized spacial score (nSPS) is 11.1. The van der Waals surface area contributed by atoms with Crippen molar-refractivity contribution in [2.24, 2.45) is 0 Å². The second-order valence-electron chi connectivity index (χ2n) is 5.61. The number of aryl methyl sites for hydroxylation is 1. The molecule has 7 heteroatoms. The number of benzene rings is 2. The lowest BCUT2D eigenvalue weighted by Crippen LogP contribution is -2.43. The molecule has 0 saturated carbocycles. The number of carbonyl (C=O) groups excluding carboxylic acids is 2. The first kappa shape index (κ1) is 19.1. The summed E-state index contributed by atoms with van der Waals surface area (Å²) in [7, 11) is 1.17.